The van der Waals surface area contributed by atoms with Crippen LogP contribution in [-0.4, -0.2) is 45.8 Å². The van der Waals surface area contributed by atoms with Gasteiger partial charge in [0.2, 0.25) is 11.8 Å². The van der Waals surface area contributed by atoms with Crippen LogP contribution in [0.1, 0.15) is 26.7 Å². The first-order chi connectivity index (χ1) is 9.88. The van der Waals surface area contributed by atoms with Gasteiger partial charge in [0.05, 0.1) is 17.3 Å². The molecule has 0 bridgehead atoms. The fourth-order valence-electron chi connectivity index (χ4n) is 2.53. The molecule has 2 atom stereocenters. The highest BCUT2D eigenvalue weighted by molar-refractivity contribution is 6.23. The lowest BCUT2D eigenvalue weighted by atomic mass is 10.0. The average Bonchev–Trinajstić information content (AvgIpc) is 2.63. The van der Waals surface area contributed by atoms with Crippen LogP contribution in [0.2, 0.25) is 0 Å². The van der Waals surface area contributed by atoms with Crippen LogP contribution in [0.4, 0.5) is 0 Å². The van der Waals surface area contributed by atoms with Gasteiger partial charge < -0.3 is 5.11 Å². The molecule has 2 aliphatic rings. The number of aliphatic hydroxyl groups excluding tert-OH is 1. The van der Waals surface area contributed by atoms with Crippen molar-refractivity contribution in [3.05, 3.63) is 23.3 Å². The molecule has 0 spiro atoms. The molecule has 0 saturated carbocycles. The zero-order valence-corrected chi connectivity index (χ0v) is 11.8. The molecule has 4 amide bonds. The van der Waals surface area contributed by atoms with Gasteiger partial charge in [-0.25, -0.2) is 0 Å². The Balaban J connectivity index is 2.37. The van der Waals surface area contributed by atoms with E-state index in [0.29, 0.717) is 0 Å². The fraction of sp³-hybridized carbons (Fsp3) is 0.429. The van der Waals surface area contributed by atoms with E-state index >= 15 is 0 Å². The van der Waals surface area contributed by atoms with Crippen molar-refractivity contribution in [3.63, 3.8) is 0 Å². The molecule has 112 valence electrons. The van der Waals surface area contributed by atoms with Gasteiger partial charge in [0.15, 0.2) is 0 Å². The van der Waals surface area contributed by atoms with Crippen LogP contribution in [0, 0.1) is 0 Å². The highest BCUT2D eigenvalue weighted by Gasteiger charge is 2.46. The average molecular weight is 292 g/mol. The number of rotatable bonds is 3. The number of hydrogen-bond donors (Lipinski definition) is 2. The Kier molecular flexibility index (Phi) is 4.04. The van der Waals surface area contributed by atoms with E-state index in [1.165, 1.54) is 13.0 Å². The quantitative estimate of drug-likeness (QED) is 0.677. The van der Waals surface area contributed by atoms with Crippen molar-refractivity contribution in [3.8, 4) is 0 Å². The van der Waals surface area contributed by atoms with E-state index in [9.17, 15) is 24.3 Å². The smallest absolute Gasteiger partial charge is 0.262 e. The summed E-state index contributed by atoms with van der Waals surface area (Å²) in [4.78, 5) is 48.6. The molecule has 2 unspecified atom stereocenters. The van der Waals surface area contributed by atoms with Crippen molar-refractivity contribution >= 4 is 23.6 Å². The van der Waals surface area contributed by atoms with E-state index in [0.717, 1.165) is 4.90 Å². The van der Waals surface area contributed by atoms with Gasteiger partial charge in [-0.05, 0) is 20.3 Å². The maximum atomic E-state index is 12.4. The van der Waals surface area contributed by atoms with Crippen molar-refractivity contribution in [1.82, 2.24) is 10.2 Å². The summed E-state index contributed by atoms with van der Waals surface area (Å²) in [7, 11) is 0. The Labute approximate surface area is 121 Å². The SMILES string of the molecule is C/C=C\C1=C(C(C)O)C(=O)N(C2CCC(=O)NC2=O)C1=O. The van der Waals surface area contributed by atoms with E-state index < -0.39 is 35.8 Å². The summed E-state index contributed by atoms with van der Waals surface area (Å²) in [6.45, 7) is 3.07. The van der Waals surface area contributed by atoms with Crippen LogP contribution in [0.5, 0.6) is 0 Å². The van der Waals surface area contributed by atoms with Gasteiger partial charge in [0.1, 0.15) is 6.04 Å². The second-order valence-electron chi connectivity index (χ2n) is 4.95. The number of aliphatic hydroxyl groups is 1. The molecule has 0 aromatic heterocycles. The van der Waals surface area contributed by atoms with E-state index in [-0.39, 0.29) is 24.0 Å². The molecular formula is C14H16N2O5. The molecule has 7 nitrogen and oxygen atoms in total. The largest absolute Gasteiger partial charge is 0.388 e. The third-order valence-electron chi connectivity index (χ3n) is 3.46. The molecule has 0 aromatic carbocycles. The minimum Gasteiger partial charge on any atom is -0.388 e. The van der Waals surface area contributed by atoms with Crippen molar-refractivity contribution in [2.24, 2.45) is 0 Å². The maximum Gasteiger partial charge on any atom is 0.262 e. The highest BCUT2D eigenvalue weighted by atomic mass is 16.3. The molecule has 2 heterocycles. The molecule has 0 aliphatic carbocycles. The molecule has 7 heteroatoms. The van der Waals surface area contributed by atoms with Crippen molar-refractivity contribution in [2.45, 2.75) is 38.8 Å². The maximum absolute atomic E-state index is 12.4. The van der Waals surface area contributed by atoms with Gasteiger partial charge in [-0.3, -0.25) is 29.4 Å². The number of hydrogen-bond acceptors (Lipinski definition) is 5. The summed E-state index contributed by atoms with van der Waals surface area (Å²) in [5.74, 6) is -2.39. The van der Waals surface area contributed by atoms with Crippen LogP contribution in [-0.2, 0) is 19.2 Å². The zero-order valence-electron chi connectivity index (χ0n) is 11.8. The molecule has 1 fully saturated rings. The van der Waals surface area contributed by atoms with Gasteiger partial charge >= 0.3 is 0 Å². The fourth-order valence-corrected chi connectivity index (χ4v) is 2.53. The lowest BCUT2D eigenvalue weighted by Crippen LogP contribution is -2.54. The Morgan fingerprint density at radius 2 is 1.95 bits per heavy atom. The van der Waals surface area contributed by atoms with Gasteiger partial charge in [-0.1, -0.05) is 12.2 Å². The number of carbonyl (C=O) groups is 4. The Morgan fingerprint density at radius 3 is 2.48 bits per heavy atom. The second kappa shape index (κ2) is 5.61. The number of piperidine rings is 1. The van der Waals surface area contributed by atoms with Crippen LogP contribution in [0.15, 0.2) is 23.3 Å². The minimum absolute atomic E-state index is 0.0252. The molecule has 0 radical (unpaired) electrons. The topological polar surface area (TPSA) is 104 Å². The van der Waals surface area contributed by atoms with Gasteiger partial charge in [-0.2, -0.15) is 0 Å². The molecule has 2 N–H and O–H groups in total. The van der Waals surface area contributed by atoms with Crippen molar-refractivity contribution < 1.29 is 24.3 Å². The van der Waals surface area contributed by atoms with E-state index in [2.05, 4.69) is 5.32 Å². The lowest BCUT2D eigenvalue weighted by Gasteiger charge is -2.28. The lowest BCUT2D eigenvalue weighted by molar-refractivity contribution is -0.150. The molecule has 2 aliphatic heterocycles. The predicted molar refractivity (Wildman–Crippen MR) is 71.5 cm³/mol. The van der Waals surface area contributed by atoms with Crippen LogP contribution < -0.4 is 5.32 Å². The predicted octanol–water partition coefficient (Wildman–Crippen LogP) is -0.586. The Hall–Kier alpha value is -2.28. The molecule has 0 aromatic rings. The van der Waals surface area contributed by atoms with Crippen molar-refractivity contribution in [1.29, 1.82) is 0 Å². The van der Waals surface area contributed by atoms with E-state index in [1.807, 2.05) is 0 Å². The minimum atomic E-state index is -1.12. The summed E-state index contributed by atoms with van der Waals surface area (Å²) in [5.41, 5.74) is 0.0602. The van der Waals surface area contributed by atoms with Crippen molar-refractivity contribution in [2.75, 3.05) is 0 Å². The Morgan fingerprint density at radius 1 is 1.29 bits per heavy atom. The Bertz CT molecular complexity index is 588. The number of nitrogens with one attached hydrogen (secondary N) is 1. The summed E-state index contributed by atoms with van der Waals surface area (Å²) < 4.78 is 0. The highest BCUT2D eigenvalue weighted by Crippen LogP contribution is 2.28. The van der Waals surface area contributed by atoms with Crippen LogP contribution in [0.3, 0.4) is 0 Å². The van der Waals surface area contributed by atoms with Gasteiger partial charge in [0, 0.05) is 6.42 Å². The summed E-state index contributed by atoms with van der Waals surface area (Å²) in [6, 6.07) is -1.01. The summed E-state index contributed by atoms with van der Waals surface area (Å²) in [5, 5.41) is 11.8. The first-order valence-corrected chi connectivity index (χ1v) is 6.65. The third kappa shape index (κ3) is 2.52. The normalized spacial score (nSPS) is 25.1. The number of allylic oxidation sites excluding steroid dienone is 1. The van der Waals surface area contributed by atoms with Gasteiger partial charge in [-0.15, -0.1) is 0 Å². The first-order valence-electron chi connectivity index (χ1n) is 6.65. The standard InChI is InChI=1S/C14H16N2O5/c1-3-4-8-11(7(2)17)14(21)16(13(8)20)9-5-6-10(18)15-12(9)19/h3-4,7,9,17H,5-6H2,1-2H3,(H,15,18,19)/b4-3-. The first kappa shape index (κ1) is 15.1. The van der Waals surface area contributed by atoms with Crippen LogP contribution in [0.25, 0.3) is 0 Å². The second-order valence-corrected chi connectivity index (χ2v) is 4.95. The summed E-state index contributed by atoms with van der Waals surface area (Å²) >= 11 is 0. The molecule has 1 saturated heterocycles. The van der Waals surface area contributed by atoms with Crippen LogP contribution >= 0.6 is 0 Å². The molecular weight excluding hydrogens is 276 g/mol. The zero-order chi connectivity index (χ0) is 15.7. The summed E-state index contributed by atoms with van der Waals surface area (Å²) in [6.07, 6.45) is 2.06. The molecule has 2 rings (SSSR count). The molecule has 21 heavy (non-hydrogen) atoms. The van der Waals surface area contributed by atoms with Gasteiger partial charge in [0.25, 0.3) is 11.8 Å². The number of carbonyl (C=O) groups excluding carboxylic acids is 4. The third-order valence-corrected chi connectivity index (χ3v) is 3.46. The monoisotopic (exact) mass is 292 g/mol. The van der Waals surface area contributed by atoms with E-state index in [1.54, 1.807) is 13.0 Å². The number of amides is 4. The number of nitrogens with zero attached hydrogens (tertiary/aromatic N) is 1. The van der Waals surface area contributed by atoms with E-state index in [4.69, 9.17) is 0 Å². The number of imide groups is 2.